The maximum Gasteiger partial charge on any atom is 0.296 e. The Morgan fingerprint density at radius 3 is 2.55 bits per heavy atom. The molecular formula is C21H26FN5O4. The molecule has 0 aliphatic carbocycles. The molecule has 3 rings (SSSR count). The summed E-state index contributed by atoms with van der Waals surface area (Å²) in [4.78, 5) is 45.2. The summed E-state index contributed by atoms with van der Waals surface area (Å²) in [7, 11) is 3.69. The van der Waals surface area contributed by atoms with Crippen LogP contribution in [0.2, 0.25) is 0 Å². The number of amides is 2. The van der Waals surface area contributed by atoms with Crippen LogP contribution < -0.4 is 10.9 Å². The normalized spacial score (nSPS) is 15.6. The summed E-state index contributed by atoms with van der Waals surface area (Å²) < 4.78 is 14.4. The van der Waals surface area contributed by atoms with Gasteiger partial charge in [0.1, 0.15) is 17.7 Å². The monoisotopic (exact) mass is 431 g/mol. The number of carbonyl (C=O) groups excluding carboxylic acids is 2. The second-order valence-corrected chi connectivity index (χ2v) is 7.79. The molecule has 2 N–H and O–H groups in total. The first kappa shape index (κ1) is 22.4. The molecule has 166 valence electrons. The van der Waals surface area contributed by atoms with Crippen LogP contribution in [0.25, 0.3) is 0 Å². The highest BCUT2D eigenvalue weighted by Crippen LogP contribution is 2.25. The van der Waals surface area contributed by atoms with Gasteiger partial charge in [0, 0.05) is 33.1 Å². The van der Waals surface area contributed by atoms with E-state index in [4.69, 9.17) is 0 Å². The highest BCUT2D eigenvalue weighted by Gasteiger charge is 2.33. The smallest absolute Gasteiger partial charge is 0.296 e. The van der Waals surface area contributed by atoms with Gasteiger partial charge in [-0.1, -0.05) is 12.1 Å². The molecule has 1 atom stereocenters. The van der Waals surface area contributed by atoms with Gasteiger partial charge in [0.15, 0.2) is 0 Å². The first-order valence-electron chi connectivity index (χ1n) is 9.93. The molecule has 1 aromatic heterocycles. The van der Waals surface area contributed by atoms with Crippen molar-refractivity contribution in [2.45, 2.75) is 32.5 Å². The highest BCUT2D eigenvalue weighted by atomic mass is 19.1. The first-order chi connectivity index (χ1) is 14.7. The Bertz CT molecular complexity index is 1040. The number of halogens is 1. The van der Waals surface area contributed by atoms with Gasteiger partial charge in [0.25, 0.3) is 5.56 Å². The number of carbonyl (C=O) groups is 2. The summed E-state index contributed by atoms with van der Waals surface area (Å²) in [5.74, 6) is -1.18. The molecule has 1 unspecified atom stereocenters. The molecule has 31 heavy (non-hydrogen) atoms. The average molecular weight is 431 g/mol. The number of fused-ring (bicyclic) bond motifs is 1. The minimum absolute atomic E-state index is 0.0398. The second-order valence-electron chi connectivity index (χ2n) is 7.79. The lowest BCUT2D eigenvalue weighted by atomic mass is 10.1. The van der Waals surface area contributed by atoms with Crippen molar-refractivity contribution >= 4 is 11.8 Å². The highest BCUT2D eigenvalue weighted by molar-refractivity contribution is 5.78. The van der Waals surface area contributed by atoms with Crippen molar-refractivity contribution in [1.82, 2.24) is 24.7 Å². The summed E-state index contributed by atoms with van der Waals surface area (Å²) in [6.45, 7) is 2.62. The minimum Gasteiger partial charge on any atom is -0.502 e. The van der Waals surface area contributed by atoms with Gasteiger partial charge >= 0.3 is 0 Å². The molecule has 2 amide bonds. The fourth-order valence-electron chi connectivity index (χ4n) is 3.62. The van der Waals surface area contributed by atoms with E-state index in [1.807, 2.05) is 19.0 Å². The number of aromatic hydroxyl groups is 1. The zero-order valence-electron chi connectivity index (χ0n) is 17.8. The lowest BCUT2D eigenvalue weighted by Gasteiger charge is -2.37. The fourth-order valence-corrected chi connectivity index (χ4v) is 3.62. The van der Waals surface area contributed by atoms with E-state index in [9.17, 15) is 23.9 Å². The Morgan fingerprint density at radius 1 is 1.26 bits per heavy atom. The summed E-state index contributed by atoms with van der Waals surface area (Å²) in [6, 6.07) is 5.23. The van der Waals surface area contributed by atoms with Crippen LogP contribution in [0.4, 0.5) is 4.39 Å². The number of hydrogen-bond donors (Lipinski definition) is 2. The van der Waals surface area contributed by atoms with E-state index in [0.717, 1.165) is 0 Å². The third kappa shape index (κ3) is 5.08. The van der Waals surface area contributed by atoms with Crippen LogP contribution in [-0.2, 0) is 29.1 Å². The molecule has 0 fully saturated rings. The van der Waals surface area contributed by atoms with E-state index in [1.54, 1.807) is 17.0 Å². The maximum atomic E-state index is 13.0. The molecule has 0 bridgehead atoms. The Hall–Kier alpha value is -3.27. The van der Waals surface area contributed by atoms with E-state index in [0.29, 0.717) is 24.5 Å². The molecule has 0 saturated carbocycles. The van der Waals surface area contributed by atoms with Crippen LogP contribution in [-0.4, -0.2) is 63.5 Å². The lowest BCUT2D eigenvalue weighted by Crippen LogP contribution is -2.48. The van der Waals surface area contributed by atoms with Crippen LogP contribution in [0.15, 0.2) is 29.1 Å². The standard InChI is InChI=1S/C21H26FN5O4/c1-13(28)26-8-9-27-20(17(26)12-25(2)3)24-16(19(30)21(27)31)10-18(29)23-11-14-4-6-15(22)7-5-14/h4-7,17,30H,8-12H2,1-3H3,(H,23,29). The Balaban J connectivity index is 1.84. The molecule has 0 spiro atoms. The van der Waals surface area contributed by atoms with Gasteiger partial charge in [-0.25, -0.2) is 9.37 Å². The van der Waals surface area contributed by atoms with E-state index in [2.05, 4.69) is 10.3 Å². The number of nitrogens with one attached hydrogen (secondary N) is 1. The Labute approximate surface area is 179 Å². The van der Waals surface area contributed by atoms with Crippen LogP contribution >= 0.6 is 0 Å². The number of benzene rings is 1. The van der Waals surface area contributed by atoms with Crippen molar-refractivity contribution in [2.75, 3.05) is 27.2 Å². The molecular weight excluding hydrogens is 405 g/mol. The zero-order chi connectivity index (χ0) is 22.7. The number of likely N-dealkylation sites (N-methyl/N-ethyl adjacent to an activating group) is 1. The van der Waals surface area contributed by atoms with Crippen LogP contribution in [0, 0.1) is 5.82 Å². The third-order valence-electron chi connectivity index (χ3n) is 5.16. The largest absolute Gasteiger partial charge is 0.502 e. The topological polar surface area (TPSA) is 108 Å². The quantitative estimate of drug-likeness (QED) is 0.686. The van der Waals surface area contributed by atoms with E-state index >= 15 is 0 Å². The summed E-state index contributed by atoms with van der Waals surface area (Å²) >= 11 is 0. The number of aromatic nitrogens is 2. The van der Waals surface area contributed by atoms with Crippen molar-refractivity contribution < 1.29 is 19.1 Å². The SMILES string of the molecule is CC(=O)N1CCn2c(nc(CC(=O)NCc3ccc(F)cc3)c(O)c2=O)C1CN(C)C. The molecule has 1 aliphatic heterocycles. The molecule has 2 aromatic rings. The van der Waals surface area contributed by atoms with Gasteiger partial charge in [-0.05, 0) is 31.8 Å². The van der Waals surface area contributed by atoms with Crippen molar-refractivity contribution in [3.05, 3.63) is 57.5 Å². The van der Waals surface area contributed by atoms with Gasteiger partial charge in [-0.3, -0.25) is 19.0 Å². The predicted molar refractivity (Wildman–Crippen MR) is 111 cm³/mol. The number of rotatable bonds is 6. The first-order valence-corrected chi connectivity index (χ1v) is 9.93. The molecule has 9 nitrogen and oxygen atoms in total. The molecule has 1 aliphatic rings. The Kier molecular flexibility index (Phi) is 6.69. The van der Waals surface area contributed by atoms with Gasteiger partial charge in [-0.15, -0.1) is 0 Å². The minimum atomic E-state index is -0.627. The van der Waals surface area contributed by atoms with Gasteiger partial charge in [-0.2, -0.15) is 0 Å². The average Bonchev–Trinajstić information content (AvgIpc) is 2.71. The van der Waals surface area contributed by atoms with Crippen molar-refractivity contribution in [3.63, 3.8) is 0 Å². The van der Waals surface area contributed by atoms with Crippen molar-refractivity contribution in [3.8, 4) is 5.75 Å². The van der Waals surface area contributed by atoms with Crippen molar-refractivity contribution in [1.29, 1.82) is 0 Å². The van der Waals surface area contributed by atoms with Crippen LogP contribution in [0.3, 0.4) is 0 Å². The number of nitrogens with zero attached hydrogens (tertiary/aromatic N) is 4. The molecule has 1 aromatic carbocycles. The summed E-state index contributed by atoms with van der Waals surface area (Å²) in [5.41, 5.74) is 0.0425. The van der Waals surface area contributed by atoms with Crippen LogP contribution in [0.1, 0.15) is 30.0 Å². The molecule has 0 saturated heterocycles. The molecule has 2 heterocycles. The lowest BCUT2D eigenvalue weighted by molar-refractivity contribution is -0.133. The van der Waals surface area contributed by atoms with E-state index in [-0.39, 0.29) is 36.9 Å². The molecule has 0 radical (unpaired) electrons. The van der Waals surface area contributed by atoms with E-state index in [1.165, 1.54) is 23.6 Å². The van der Waals surface area contributed by atoms with Gasteiger partial charge in [0.05, 0.1) is 12.1 Å². The van der Waals surface area contributed by atoms with E-state index < -0.39 is 23.3 Å². The zero-order valence-corrected chi connectivity index (χ0v) is 17.8. The predicted octanol–water partition coefficient (Wildman–Crippen LogP) is 0.412. The Morgan fingerprint density at radius 2 is 1.94 bits per heavy atom. The third-order valence-corrected chi connectivity index (χ3v) is 5.16. The molecule has 10 heteroatoms. The maximum absolute atomic E-state index is 13.0. The summed E-state index contributed by atoms with van der Waals surface area (Å²) in [5, 5.41) is 13.0. The van der Waals surface area contributed by atoms with Crippen molar-refractivity contribution in [2.24, 2.45) is 0 Å². The van der Waals surface area contributed by atoms with Crippen LogP contribution in [0.5, 0.6) is 5.75 Å². The van der Waals surface area contributed by atoms with Gasteiger partial charge in [0.2, 0.25) is 17.6 Å². The van der Waals surface area contributed by atoms with Gasteiger partial charge < -0.3 is 20.2 Å². The second kappa shape index (κ2) is 9.25. The summed E-state index contributed by atoms with van der Waals surface area (Å²) in [6.07, 6.45) is -0.301. The fraction of sp³-hybridized carbons (Fsp3) is 0.429. The number of hydrogen-bond acceptors (Lipinski definition) is 6.